The zero-order valence-electron chi connectivity index (χ0n) is 4.39. The van der Waals surface area contributed by atoms with Crippen molar-refractivity contribution >= 4 is 17.7 Å². The molecule has 1 aliphatic rings. The molecule has 0 spiro atoms. The van der Waals surface area contributed by atoms with Gasteiger partial charge in [0, 0.05) is 6.20 Å². The van der Waals surface area contributed by atoms with E-state index in [1.54, 1.807) is 0 Å². The Morgan fingerprint density at radius 3 is 2.67 bits per heavy atom. The number of hydrogen-bond acceptors (Lipinski definition) is 4. The average molecular weight is 147 g/mol. The van der Waals surface area contributed by atoms with Crippen molar-refractivity contribution in [1.29, 1.82) is 0 Å². The van der Waals surface area contributed by atoms with Crippen LogP contribution in [0, 0.1) is 0 Å². The van der Waals surface area contributed by atoms with Crippen molar-refractivity contribution in [2.24, 2.45) is 0 Å². The lowest BCUT2D eigenvalue weighted by Crippen LogP contribution is -2.28. The Kier molecular flexibility index (Phi) is 1.63. The number of carboxylic acids is 1. The maximum atomic E-state index is 10.1. The lowest BCUT2D eigenvalue weighted by atomic mass is 10.6. The predicted molar refractivity (Wildman–Crippen MR) is 31.8 cm³/mol. The molecule has 1 atom stereocenters. The lowest BCUT2D eigenvalue weighted by Gasteiger charge is -2.11. The van der Waals surface area contributed by atoms with Crippen molar-refractivity contribution in [1.82, 2.24) is 5.06 Å². The highest BCUT2D eigenvalue weighted by atomic mass is 32.2. The summed E-state index contributed by atoms with van der Waals surface area (Å²) in [7, 11) is 0. The van der Waals surface area contributed by atoms with E-state index in [0.29, 0.717) is 5.06 Å². The largest absolute Gasteiger partial charge is 0.479 e. The van der Waals surface area contributed by atoms with Crippen LogP contribution in [0.4, 0.5) is 0 Å². The van der Waals surface area contributed by atoms with E-state index in [1.807, 2.05) is 0 Å². The van der Waals surface area contributed by atoms with Crippen molar-refractivity contribution in [2.75, 3.05) is 0 Å². The Hall–Kier alpha value is -0.680. The van der Waals surface area contributed by atoms with Gasteiger partial charge in [0.1, 0.15) is 0 Å². The van der Waals surface area contributed by atoms with Crippen molar-refractivity contribution in [2.45, 2.75) is 5.37 Å². The molecule has 0 saturated heterocycles. The monoisotopic (exact) mass is 147 g/mol. The molecule has 0 aromatic heterocycles. The van der Waals surface area contributed by atoms with E-state index < -0.39 is 11.3 Å². The Morgan fingerprint density at radius 1 is 1.78 bits per heavy atom. The maximum absolute atomic E-state index is 10.1. The van der Waals surface area contributed by atoms with Gasteiger partial charge in [0.15, 0.2) is 0 Å². The third-order valence-corrected chi connectivity index (χ3v) is 1.83. The van der Waals surface area contributed by atoms with Gasteiger partial charge in [-0.2, -0.15) is 0 Å². The quantitative estimate of drug-likeness (QED) is 0.558. The van der Waals surface area contributed by atoms with Crippen LogP contribution in [0.15, 0.2) is 11.6 Å². The van der Waals surface area contributed by atoms with Gasteiger partial charge in [-0.3, -0.25) is 5.21 Å². The van der Waals surface area contributed by atoms with Crippen molar-refractivity contribution < 1.29 is 15.1 Å². The van der Waals surface area contributed by atoms with Crippen LogP contribution >= 0.6 is 11.8 Å². The molecule has 4 nitrogen and oxygen atoms in total. The zero-order valence-corrected chi connectivity index (χ0v) is 5.21. The van der Waals surface area contributed by atoms with E-state index in [2.05, 4.69) is 0 Å². The van der Waals surface area contributed by atoms with Crippen molar-refractivity contribution in [3.05, 3.63) is 11.6 Å². The van der Waals surface area contributed by atoms with Crippen LogP contribution in [0.25, 0.3) is 0 Å². The number of carboxylic acid groups (broad SMARTS) is 1. The highest BCUT2D eigenvalue weighted by molar-refractivity contribution is 8.03. The smallest absolute Gasteiger partial charge is 0.339 e. The summed E-state index contributed by atoms with van der Waals surface area (Å²) in [5.41, 5.74) is 0. The molecule has 1 aliphatic heterocycles. The maximum Gasteiger partial charge on any atom is 0.339 e. The first-order valence-electron chi connectivity index (χ1n) is 2.24. The molecule has 0 saturated carbocycles. The molecule has 1 unspecified atom stereocenters. The topological polar surface area (TPSA) is 60.8 Å². The molecule has 0 aromatic rings. The molecular weight excluding hydrogens is 142 g/mol. The lowest BCUT2D eigenvalue weighted by molar-refractivity contribution is -0.148. The van der Waals surface area contributed by atoms with Crippen LogP contribution in [-0.4, -0.2) is 26.7 Å². The summed E-state index contributed by atoms with van der Waals surface area (Å²) in [5.74, 6) is -1.03. The minimum atomic E-state index is -1.03. The van der Waals surface area contributed by atoms with Crippen molar-refractivity contribution in [3.63, 3.8) is 0 Å². The predicted octanol–water partition coefficient (Wildman–Crippen LogP) is 0.306. The number of hydroxylamine groups is 2. The molecule has 0 bridgehead atoms. The van der Waals surface area contributed by atoms with E-state index in [1.165, 1.54) is 11.6 Å². The molecule has 1 rings (SSSR count). The van der Waals surface area contributed by atoms with E-state index in [4.69, 9.17) is 10.3 Å². The fourth-order valence-electron chi connectivity index (χ4n) is 0.484. The fraction of sp³-hybridized carbons (Fsp3) is 0.250. The molecule has 9 heavy (non-hydrogen) atoms. The summed E-state index contributed by atoms with van der Waals surface area (Å²) in [6.07, 6.45) is 1.31. The van der Waals surface area contributed by atoms with Crippen LogP contribution in [0.1, 0.15) is 0 Å². The summed E-state index contributed by atoms with van der Waals surface area (Å²) in [6.45, 7) is 0. The Morgan fingerprint density at radius 2 is 2.44 bits per heavy atom. The molecule has 2 N–H and O–H groups in total. The Balaban J connectivity index is 2.55. The first-order valence-corrected chi connectivity index (χ1v) is 3.18. The average Bonchev–Trinajstić information content (AvgIpc) is 2.13. The number of carbonyl (C=O) groups is 1. The fourth-order valence-corrected chi connectivity index (χ4v) is 1.14. The second kappa shape index (κ2) is 2.28. The van der Waals surface area contributed by atoms with Crippen LogP contribution in [0.5, 0.6) is 0 Å². The standard InChI is InChI=1S/C4H5NO3S/c6-4(7)3-5(8)1-2-9-3/h1-3,8H,(H,6,7). The number of aliphatic carboxylic acids is 1. The highest BCUT2D eigenvalue weighted by Gasteiger charge is 2.25. The molecule has 1 heterocycles. The summed E-state index contributed by atoms with van der Waals surface area (Å²) >= 11 is 1.05. The first-order chi connectivity index (χ1) is 4.22. The molecule has 0 fully saturated rings. The first kappa shape index (κ1) is 6.44. The third kappa shape index (κ3) is 1.17. The Labute approximate surface area is 55.7 Å². The van der Waals surface area contributed by atoms with E-state index in [-0.39, 0.29) is 0 Å². The van der Waals surface area contributed by atoms with Gasteiger partial charge in [-0.25, -0.2) is 9.86 Å². The molecule has 0 radical (unpaired) electrons. The minimum absolute atomic E-state index is 0.660. The molecule has 5 heteroatoms. The van der Waals surface area contributed by atoms with E-state index >= 15 is 0 Å². The van der Waals surface area contributed by atoms with Crippen LogP contribution < -0.4 is 0 Å². The normalized spacial score (nSPS) is 25.0. The molecule has 0 aromatic carbocycles. The second-order valence-electron chi connectivity index (χ2n) is 1.49. The van der Waals surface area contributed by atoms with Gasteiger partial charge >= 0.3 is 5.97 Å². The van der Waals surface area contributed by atoms with Gasteiger partial charge < -0.3 is 5.11 Å². The van der Waals surface area contributed by atoms with Gasteiger partial charge in [-0.15, -0.1) is 0 Å². The summed E-state index contributed by atoms with van der Waals surface area (Å²) < 4.78 is 0. The minimum Gasteiger partial charge on any atom is -0.479 e. The van der Waals surface area contributed by atoms with Gasteiger partial charge in [-0.1, -0.05) is 11.8 Å². The van der Waals surface area contributed by atoms with E-state index in [0.717, 1.165) is 11.8 Å². The third-order valence-electron chi connectivity index (χ3n) is 0.873. The van der Waals surface area contributed by atoms with Crippen LogP contribution in [0.2, 0.25) is 0 Å². The van der Waals surface area contributed by atoms with Crippen LogP contribution in [-0.2, 0) is 4.79 Å². The Bertz CT molecular complexity index is 158. The van der Waals surface area contributed by atoms with Gasteiger partial charge in [0.2, 0.25) is 5.37 Å². The number of hydrogen-bond donors (Lipinski definition) is 2. The molecule has 0 aliphatic carbocycles. The zero-order chi connectivity index (χ0) is 6.85. The van der Waals surface area contributed by atoms with Gasteiger partial charge in [-0.05, 0) is 5.41 Å². The van der Waals surface area contributed by atoms with Gasteiger partial charge in [0.05, 0.1) is 0 Å². The molecular formula is C4H5NO3S. The SMILES string of the molecule is O=C(O)C1SC=CN1O. The van der Waals surface area contributed by atoms with E-state index in [9.17, 15) is 4.79 Å². The highest BCUT2D eigenvalue weighted by Crippen LogP contribution is 2.22. The van der Waals surface area contributed by atoms with Crippen LogP contribution in [0.3, 0.4) is 0 Å². The van der Waals surface area contributed by atoms with Crippen molar-refractivity contribution in [3.8, 4) is 0 Å². The summed E-state index contributed by atoms with van der Waals surface area (Å²) in [4.78, 5) is 10.1. The van der Waals surface area contributed by atoms with Gasteiger partial charge in [0.25, 0.3) is 0 Å². The molecule has 0 amide bonds. The molecule has 50 valence electrons. The number of rotatable bonds is 1. The summed E-state index contributed by atoms with van der Waals surface area (Å²) in [6, 6.07) is 0. The second-order valence-corrected chi connectivity index (χ2v) is 2.48. The number of thioether (sulfide) groups is 1. The number of nitrogens with zero attached hydrogens (tertiary/aromatic N) is 1. The summed E-state index contributed by atoms with van der Waals surface area (Å²) in [5, 5.41) is 18.4.